The Morgan fingerprint density at radius 3 is 2.52 bits per heavy atom. The predicted octanol–water partition coefficient (Wildman–Crippen LogP) is 3.31. The van der Waals surface area contributed by atoms with Gasteiger partial charge in [0.2, 0.25) is 15.9 Å². The molecule has 1 unspecified atom stereocenters. The van der Waals surface area contributed by atoms with Gasteiger partial charge in [0.15, 0.2) is 0 Å². The topological polar surface area (TPSA) is 108 Å². The molecule has 2 amide bonds. The van der Waals surface area contributed by atoms with Gasteiger partial charge in [0.25, 0.3) is 5.91 Å². The number of sulfonamides is 1. The molecular formula is C23H21ClN4O4S. The van der Waals surface area contributed by atoms with Crippen LogP contribution in [0.5, 0.6) is 0 Å². The van der Waals surface area contributed by atoms with Crippen molar-refractivity contribution in [3.8, 4) is 0 Å². The molecule has 2 aromatic carbocycles. The Labute approximate surface area is 196 Å². The van der Waals surface area contributed by atoms with E-state index in [9.17, 15) is 18.0 Å². The van der Waals surface area contributed by atoms with Crippen molar-refractivity contribution in [1.82, 2.24) is 9.88 Å². The van der Waals surface area contributed by atoms with Crippen LogP contribution < -0.4 is 10.0 Å². The van der Waals surface area contributed by atoms with Crippen molar-refractivity contribution < 1.29 is 18.0 Å². The van der Waals surface area contributed by atoms with E-state index in [1.165, 1.54) is 4.90 Å². The van der Waals surface area contributed by atoms with Crippen molar-refractivity contribution in [3.05, 3.63) is 88.7 Å². The fraction of sp³-hybridized carbons (Fsp3) is 0.174. The summed E-state index contributed by atoms with van der Waals surface area (Å²) in [7, 11) is -3.40. The molecule has 0 bridgehead atoms. The minimum atomic E-state index is -3.40. The number of pyridine rings is 1. The lowest BCUT2D eigenvalue weighted by Crippen LogP contribution is -2.46. The van der Waals surface area contributed by atoms with Crippen LogP contribution in [0.1, 0.15) is 21.6 Å². The highest BCUT2D eigenvalue weighted by molar-refractivity contribution is 7.92. The van der Waals surface area contributed by atoms with Gasteiger partial charge in [0, 0.05) is 35.6 Å². The molecule has 3 aromatic rings. The molecule has 1 aliphatic rings. The maximum Gasteiger partial charge on any atom is 0.256 e. The van der Waals surface area contributed by atoms with Gasteiger partial charge in [0.1, 0.15) is 6.04 Å². The van der Waals surface area contributed by atoms with Crippen LogP contribution in [0.2, 0.25) is 5.02 Å². The van der Waals surface area contributed by atoms with Crippen molar-refractivity contribution in [3.63, 3.8) is 0 Å². The molecule has 0 aliphatic carbocycles. The van der Waals surface area contributed by atoms with Gasteiger partial charge >= 0.3 is 0 Å². The van der Waals surface area contributed by atoms with Crippen LogP contribution in [0, 0.1) is 0 Å². The van der Waals surface area contributed by atoms with Crippen molar-refractivity contribution in [2.75, 3.05) is 16.3 Å². The number of carbonyl (C=O) groups excluding carboxylic acids is 2. The second-order valence-electron chi connectivity index (χ2n) is 7.72. The first kappa shape index (κ1) is 22.8. The largest absolute Gasteiger partial charge is 0.323 e. The van der Waals surface area contributed by atoms with E-state index in [1.807, 2.05) is 6.07 Å². The number of nitrogens with zero attached hydrogens (tertiary/aromatic N) is 2. The SMILES string of the molecule is CS(=O)(=O)Nc1ccc(CN2C(=O)c3ccc(Cl)cc3NC(=O)C2Cc2ccccn2)cc1. The highest BCUT2D eigenvalue weighted by Gasteiger charge is 2.35. The lowest BCUT2D eigenvalue weighted by molar-refractivity contribution is -0.120. The fourth-order valence-corrected chi connectivity index (χ4v) is 4.39. The number of hydrogen-bond acceptors (Lipinski definition) is 5. The van der Waals surface area contributed by atoms with E-state index in [4.69, 9.17) is 11.6 Å². The summed E-state index contributed by atoms with van der Waals surface area (Å²) in [4.78, 5) is 32.5. The summed E-state index contributed by atoms with van der Waals surface area (Å²) in [5.41, 5.74) is 2.52. The van der Waals surface area contributed by atoms with Gasteiger partial charge in [-0.05, 0) is 48.0 Å². The zero-order valence-electron chi connectivity index (χ0n) is 17.7. The Hall–Kier alpha value is -3.43. The Kier molecular flexibility index (Phi) is 6.35. The first-order valence-electron chi connectivity index (χ1n) is 10.1. The van der Waals surface area contributed by atoms with E-state index in [2.05, 4.69) is 15.0 Å². The van der Waals surface area contributed by atoms with Crippen molar-refractivity contribution >= 4 is 44.8 Å². The molecular weight excluding hydrogens is 464 g/mol. The first-order chi connectivity index (χ1) is 15.7. The summed E-state index contributed by atoms with van der Waals surface area (Å²) in [5, 5.41) is 3.23. The molecule has 0 fully saturated rings. The van der Waals surface area contributed by atoms with Gasteiger partial charge in [0.05, 0.1) is 17.5 Å². The molecule has 1 aromatic heterocycles. The number of rotatable bonds is 6. The number of nitrogens with one attached hydrogen (secondary N) is 2. The summed E-state index contributed by atoms with van der Waals surface area (Å²) in [5.74, 6) is -0.662. The number of fused-ring (bicyclic) bond motifs is 1. The average molecular weight is 485 g/mol. The molecule has 0 radical (unpaired) electrons. The number of benzene rings is 2. The van der Waals surface area contributed by atoms with Gasteiger partial charge in [-0.2, -0.15) is 0 Å². The first-order valence-corrected chi connectivity index (χ1v) is 12.3. The lowest BCUT2D eigenvalue weighted by Gasteiger charge is -2.28. The molecule has 1 aliphatic heterocycles. The molecule has 10 heteroatoms. The molecule has 0 spiro atoms. The Bertz CT molecular complexity index is 1300. The van der Waals surface area contributed by atoms with Crippen LogP contribution in [0.25, 0.3) is 0 Å². The van der Waals surface area contributed by atoms with E-state index >= 15 is 0 Å². The standard InChI is InChI=1S/C23H21ClN4O4S/c1-33(31,32)27-17-8-5-15(6-9-17)14-28-21(13-18-4-2-3-11-25-18)22(29)26-20-12-16(24)7-10-19(20)23(28)30/h2-12,21,27H,13-14H2,1H3,(H,26,29). The molecule has 8 nitrogen and oxygen atoms in total. The van der Waals surface area contributed by atoms with Crippen LogP contribution >= 0.6 is 11.6 Å². The minimum absolute atomic E-state index is 0.144. The second kappa shape index (κ2) is 9.21. The van der Waals surface area contributed by atoms with Crippen LogP contribution in [-0.2, 0) is 27.8 Å². The van der Waals surface area contributed by atoms with Gasteiger partial charge in [-0.15, -0.1) is 0 Å². The van der Waals surface area contributed by atoms with Crippen LogP contribution in [-0.4, -0.2) is 42.4 Å². The van der Waals surface area contributed by atoms with E-state index in [-0.39, 0.29) is 24.8 Å². The van der Waals surface area contributed by atoms with Gasteiger partial charge in [-0.25, -0.2) is 8.42 Å². The van der Waals surface area contributed by atoms with E-state index in [0.717, 1.165) is 11.8 Å². The highest BCUT2D eigenvalue weighted by atomic mass is 35.5. The number of halogens is 1. The summed E-state index contributed by atoms with van der Waals surface area (Å²) in [6.45, 7) is 0.144. The number of anilines is 2. The normalized spacial score (nSPS) is 16.1. The Morgan fingerprint density at radius 2 is 1.85 bits per heavy atom. The van der Waals surface area contributed by atoms with E-state index < -0.39 is 16.1 Å². The minimum Gasteiger partial charge on any atom is -0.323 e. The monoisotopic (exact) mass is 484 g/mol. The fourth-order valence-electron chi connectivity index (χ4n) is 3.65. The summed E-state index contributed by atoms with van der Waals surface area (Å²) >= 11 is 6.08. The Balaban J connectivity index is 1.69. The lowest BCUT2D eigenvalue weighted by atomic mass is 10.1. The van der Waals surface area contributed by atoms with Crippen LogP contribution in [0.3, 0.4) is 0 Å². The zero-order valence-corrected chi connectivity index (χ0v) is 19.2. The third-order valence-electron chi connectivity index (χ3n) is 5.15. The number of hydrogen-bond donors (Lipinski definition) is 2. The quantitative estimate of drug-likeness (QED) is 0.558. The molecule has 33 heavy (non-hydrogen) atoms. The van der Waals surface area contributed by atoms with Crippen molar-refractivity contribution in [2.24, 2.45) is 0 Å². The maximum absolute atomic E-state index is 13.5. The Morgan fingerprint density at radius 1 is 1.09 bits per heavy atom. The van der Waals surface area contributed by atoms with Crippen LogP contribution in [0.15, 0.2) is 66.9 Å². The predicted molar refractivity (Wildman–Crippen MR) is 127 cm³/mol. The summed E-state index contributed by atoms with van der Waals surface area (Å²) < 4.78 is 25.3. The molecule has 1 atom stereocenters. The third-order valence-corrected chi connectivity index (χ3v) is 5.99. The van der Waals surface area contributed by atoms with Gasteiger partial charge in [-0.3, -0.25) is 19.3 Å². The molecule has 0 saturated heterocycles. The summed E-state index contributed by atoms with van der Waals surface area (Å²) in [6, 6.07) is 16.0. The molecule has 4 rings (SSSR count). The molecule has 2 heterocycles. The van der Waals surface area contributed by atoms with E-state index in [0.29, 0.717) is 27.7 Å². The number of aromatic nitrogens is 1. The average Bonchev–Trinajstić information content (AvgIpc) is 2.84. The van der Waals surface area contributed by atoms with Gasteiger partial charge < -0.3 is 10.2 Å². The van der Waals surface area contributed by atoms with Crippen molar-refractivity contribution in [2.45, 2.75) is 19.0 Å². The number of amides is 2. The molecule has 0 saturated carbocycles. The zero-order chi connectivity index (χ0) is 23.6. The highest BCUT2D eigenvalue weighted by Crippen LogP contribution is 2.28. The smallest absolute Gasteiger partial charge is 0.256 e. The van der Waals surface area contributed by atoms with Crippen molar-refractivity contribution in [1.29, 1.82) is 0 Å². The molecule has 170 valence electrons. The van der Waals surface area contributed by atoms with E-state index in [1.54, 1.807) is 60.8 Å². The number of carbonyl (C=O) groups is 2. The van der Waals surface area contributed by atoms with Crippen LogP contribution in [0.4, 0.5) is 11.4 Å². The maximum atomic E-state index is 13.5. The molecule has 2 N–H and O–H groups in total. The van der Waals surface area contributed by atoms with Gasteiger partial charge in [-0.1, -0.05) is 29.8 Å². The summed E-state index contributed by atoms with van der Waals surface area (Å²) in [6.07, 6.45) is 2.94. The third kappa shape index (κ3) is 5.50. The second-order valence-corrected chi connectivity index (χ2v) is 9.91.